The van der Waals surface area contributed by atoms with Gasteiger partial charge in [-0.25, -0.2) is 0 Å². The molecule has 4 nitrogen and oxygen atoms in total. The first-order chi connectivity index (χ1) is 12.1. The Kier molecular flexibility index (Phi) is 3.96. The normalized spacial score (nSPS) is 12.4. The predicted octanol–water partition coefficient (Wildman–Crippen LogP) is 3.57. The van der Waals surface area contributed by atoms with E-state index in [0.717, 1.165) is 27.3 Å². The number of aliphatic hydroxyl groups is 2. The molecule has 0 radical (unpaired) electrons. The van der Waals surface area contributed by atoms with Gasteiger partial charge in [-0.3, -0.25) is 0 Å². The molecule has 1 heterocycles. The van der Waals surface area contributed by atoms with Crippen LogP contribution in [0, 0.1) is 0 Å². The average molecular weight is 335 g/mol. The third-order valence-electron chi connectivity index (χ3n) is 4.95. The highest BCUT2D eigenvalue weighted by atomic mass is 16.3. The molecule has 0 atom stereocenters. The van der Waals surface area contributed by atoms with Crippen molar-refractivity contribution in [2.75, 3.05) is 13.2 Å². The number of fused-ring (bicyclic) bond motifs is 5. The van der Waals surface area contributed by atoms with Crippen molar-refractivity contribution in [1.29, 1.82) is 0 Å². The Morgan fingerprint density at radius 3 is 2.52 bits per heavy atom. The van der Waals surface area contributed by atoms with Gasteiger partial charge in [0.25, 0.3) is 0 Å². The molecule has 3 aromatic carbocycles. The summed E-state index contributed by atoms with van der Waals surface area (Å²) in [6.07, 6.45) is 1.71. The molecule has 25 heavy (non-hydrogen) atoms. The van der Waals surface area contributed by atoms with Crippen LogP contribution in [0.5, 0.6) is 0 Å². The molecule has 0 amide bonds. The topological polar surface area (TPSA) is 65.6 Å². The lowest BCUT2D eigenvalue weighted by molar-refractivity contribution is 0.103. The molecule has 0 aliphatic carbocycles. The van der Waals surface area contributed by atoms with E-state index >= 15 is 0 Å². The van der Waals surface area contributed by atoms with E-state index in [1.807, 2.05) is 18.2 Å². The van der Waals surface area contributed by atoms with Crippen LogP contribution in [0.3, 0.4) is 0 Å². The summed E-state index contributed by atoms with van der Waals surface area (Å²) in [7, 11) is 0. The van der Waals surface area contributed by atoms with Gasteiger partial charge in [0.1, 0.15) is 5.58 Å². The van der Waals surface area contributed by atoms with Crippen molar-refractivity contribution in [3.8, 4) is 0 Å². The van der Waals surface area contributed by atoms with E-state index in [4.69, 9.17) is 4.42 Å². The maximum atomic E-state index is 9.51. The second-order valence-electron chi connectivity index (χ2n) is 6.81. The summed E-state index contributed by atoms with van der Waals surface area (Å²) in [5, 5.41) is 27.9. The van der Waals surface area contributed by atoms with Crippen LogP contribution in [0.15, 0.2) is 59.2 Å². The maximum Gasteiger partial charge on any atom is 0.142 e. The van der Waals surface area contributed by atoms with Gasteiger partial charge in [-0.2, -0.15) is 0 Å². The number of rotatable bonds is 5. The fourth-order valence-corrected chi connectivity index (χ4v) is 3.29. The molecular formula is C21H21NO3. The number of furan rings is 1. The van der Waals surface area contributed by atoms with Gasteiger partial charge in [0.2, 0.25) is 0 Å². The quantitative estimate of drug-likeness (QED) is 0.488. The fraction of sp³-hybridized carbons (Fsp3) is 0.238. The Labute approximate surface area is 145 Å². The summed E-state index contributed by atoms with van der Waals surface area (Å²) in [6, 6.07) is 16.7. The van der Waals surface area contributed by atoms with Crippen molar-refractivity contribution in [3.63, 3.8) is 0 Å². The highest BCUT2D eigenvalue weighted by Crippen LogP contribution is 2.34. The molecule has 0 saturated heterocycles. The summed E-state index contributed by atoms with van der Waals surface area (Å²) in [5.74, 6) is 0. The number of aliphatic hydroxyl groups excluding tert-OH is 2. The lowest BCUT2D eigenvalue weighted by Crippen LogP contribution is -2.48. The molecule has 0 aliphatic rings. The minimum Gasteiger partial charge on any atom is -0.464 e. The average Bonchev–Trinajstić information content (AvgIpc) is 3.16. The first-order valence-electron chi connectivity index (χ1n) is 8.42. The molecule has 4 rings (SSSR count). The van der Waals surface area contributed by atoms with Crippen LogP contribution < -0.4 is 5.32 Å². The largest absolute Gasteiger partial charge is 0.464 e. The van der Waals surface area contributed by atoms with Gasteiger partial charge in [0.15, 0.2) is 0 Å². The SMILES string of the molecule is CC(CO)(CO)NCc1cc2c3ccccc3ccc2c2occc12. The second-order valence-corrected chi connectivity index (χ2v) is 6.81. The van der Waals surface area contributed by atoms with Crippen LogP contribution in [0.2, 0.25) is 0 Å². The Morgan fingerprint density at radius 2 is 1.72 bits per heavy atom. The molecular weight excluding hydrogens is 314 g/mol. The summed E-state index contributed by atoms with van der Waals surface area (Å²) in [5.41, 5.74) is 1.24. The number of hydrogen-bond donors (Lipinski definition) is 3. The molecule has 1 aromatic heterocycles. The Hall–Kier alpha value is -2.40. The minimum absolute atomic E-state index is 0.130. The Balaban J connectivity index is 1.90. The summed E-state index contributed by atoms with van der Waals surface area (Å²) < 4.78 is 5.78. The Morgan fingerprint density at radius 1 is 0.920 bits per heavy atom. The van der Waals surface area contributed by atoms with Crippen LogP contribution in [0.1, 0.15) is 12.5 Å². The van der Waals surface area contributed by atoms with E-state index in [2.05, 4.69) is 35.6 Å². The van der Waals surface area contributed by atoms with Crippen molar-refractivity contribution < 1.29 is 14.6 Å². The zero-order valence-corrected chi connectivity index (χ0v) is 14.1. The smallest absolute Gasteiger partial charge is 0.142 e. The molecule has 0 aliphatic heterocycles. The highest BCUT2D eigenvalue weighted by Gasteiger charge is 2.22. The minimum atomic E-state index is -0.718. The standard InChI is InChI=1S/C21H21NO3/c1-21(12-23,13-24)22-11-15-10-19-16-5-3-2-4-14(16)6-7-18(19)20-17(15)8-9-25-20/h2-10,22-24H,11-13H2,1H3. The first kappa shape index (κ1) is 16.1. The fourth-order valence-electron chi connectivity index (χ4n) is 3.29. The molecule has 4 aromatic rings. The predicted molar refractivity (Wildman–Crippen MR) is 101 cm³/mol. The van der Waals surface area contributed by atoms with E-state index in [9.17, 15) is 10.2 Å². The van der Waals surface area contributed by atoms with Crippen LogP contribution in [0.4, 0.5) is 0 Å². The van der Waals surface area contributed by atoms with Crippen molar-refractivity contribution in [2.45, 2.75) is 19.0 Å². The second kappa shape index (κ2) is 6.15. The molecule has 3 N–H and O–H groups in total. The first-order valence-corrected chi connectivity index (χ1v) is 8.42. The van der Waals surface area contributed by atoms with Gasteiger partial charge in [0, 0.05) is 17.3 Å². The van der Waals surface area contributed by atoms with Gasteiger partial charge in [0.05, 0.1) is 25.0 Å². The van der Waals surface area contributed by atoms with Crippen molar-refractivity contribution >= 4 is 32.5 Å². The zero-order valence-electron chi connectivity index (χ0n) is 14.1. The molecule has 0 saturated carbocycles. The third-order valence-corrected chi connectivity index (χ3v) is 4.95. The Bertz CT molecular complexity index is 1050. The van der Waals surface area contributed by atoms with Crippen molar-refractivity contribution in [1.82, 2.24) is 5.32 Å². The number of nitrogens with one attached hydrogen (secondary N) is 1. The summed E-state index contributed by atoms with van der Waals surface area (Å²) in [4.78, 5) is 0. The van der Waals surface area contributed by atoms with E-state index in [1.165, 1.54) is 10.8 Å². The van der Waals surface area contributed by atoms with Gasteiger partial charge < -0.3 is 19.9 Å². The van der Waals surface area contributed by atoms with Crippen LogP contribution in [-0.4, -0.2) is 29.0 Å². The molecule has 0 unspecified atom stereocenters. The van der Waals surface area contributed by atoms with Crippen molar-refractivity contribution in [2.24, 2.45) is 0 Å². The van der Waals surface area contributed by atoms with Crippen LogP contribution >= 0.6 is 0 Å². The van der Waals surface area contributed by atoms with E-state index in [-0.39, 0.29) is 13.2 Å². The van der Waals surface area contributed by atoms with Gasteiger partial charge in [-0.15, -0.1) is 0 Å². The lowest BCUT2D eigenvalue weighted by Gasteiger charge is -2.26. The monoisotopic (exact) mass is 335 g/mol. The number of benzene rings is 3. The van der Waals surface area contributed by atoms with E-state index < -0.39 is 5.54 Å². The zero-order chi connectivity index (χ0) is 17.4. The van der Waals surface area contributed by atoms with Gasteiger partial charge in [-0.1, -0.05) is 30.3 Å². The molecule has 0 spiro atoms. The summed E-state index contributed by atoms with van der Waals surface area (Å²) >= 11 is 0. The molecule has 4 heteroatoms. The highest BCUT2D eigenvalue weighted by molar-refractivity contribution is 6.16. The van der Waals surface area contributed by atoms with Crippen molar-refractivity contribution in [3.05, 3.63) is 60.4 Å². The molecule has 0 fully saturated rings. The molecule has 0 bridgehead atoms. The van der Waals surface area contributed by atoms with Crippen LogP contribution in [0.25, 0.3) is 32.5 Å². The van der Waals surface area contributed by atoms with E-state index in [0.29, 0.717) is 6.54 Å². The summed E-state index contributed by atoms with van der Waals surface area (Å²) in [6.45, 7) is 2.08. The lowest BCUT2D eigenvalue weighted by atomic mass is 9.96. The van der Waals surface area contributed by atoms with Gasteiger partial charge in [-0.05, 0) is 46.8 Å². The van der Waals surface area contributed by atoms with Crippen LogP contribution in [-0.2, 0) is 6.54 Å². The van der Waals surface area contributed by atoms with E-state index in [1.54, 1.807) is 13.2 Å². The van der Waals surface area contributed by atoms with Gasteiger partial charge >= 0.3 is 0 Å². The maximum absolute atomic E-state index is 9.51. The molecule has 128 valence electrons. The number of hydrogen-bond acceptors (Lipinski definition) is 4. The third kappa shape index (κ3) is 2.68.